The molecule has 510 valence electrons. The molecule has 1 heterocycles. The van der Waals surface area contributed by atoms with Crippen LogP contribution in [0.5, 0.6) is 11.5 Å². The van der Waals surface area contributed by atoms with Crippen molar-refractivity contribution in [3.8, 4) is 22.6 Å². The van der Waals surface area contributed by atoms with Gasteiger partial charge in [-0.05, 0) is 203 Å². The largest absolute Gasteiger partial charge is 0.494 e. The Morgan fingerprint density at radius 3 is 1.11 bits per heavy atom. The molecule has 4 nitrogen and oxygen atoms in total. The van der Waals surface area contributed by atoms with Gasteiger partial charge in [0.15, 0.2) is 0 Å². The topological polar surface area (TPSA) is 36.9 Å². The van der Waals surface area contributed by atoms with Crippen molar-refractivity contribution in [3.63, 3.8) is 0 Å². The zero-order valence-electron chi connectivity index (χ0n) is 51.4. The van der Waals surface area contributed by atoms with Crippen molar-refractivity contribution in [2.24, 2.45) is 11.8 Å². The smallest absolute Gasteiger partial charge is 0.429 e. The summed E-state index contributed by atoms with van der Waals surface area (Å²) in [4.78, 5) is -4.64. The Labute approximate surface area is 534 Å². The molecule has 2 aliphatic carbocycles. The van der Waals surface area contributed by atoms with E-state index in [-0.39, 0.29) is 76.9 Å². The standard InChI is InChI=1S/C30H31F9OS.C23H37BO2.C13H6BrF9OS/c1-2-3-4-5-20-6-8-21(9-7-20)22-10-12-23(13-11-22)24-18-27(31)29(28(32)19-24)30(33,34)40-25-14-16-26(17-15-25)41(35,36,37,38)39;1-6-7-8-9-18-10-12-19(13-11-18)20-14-16-21(17-15-20)24-25-22(2,3)23(4,5)26-24;14-7-5-10(15)12(11(16)6-7)13(17,18)24-8-1-3-9(4-2-8)25(19,20,21,22)23/h10-21H,2-9H2,1H3;14-19H,6-13H2,1-5H3;1-6H. The average molecular weight is 1430 g/mol. The highest BCUT2D eigenvalue weighted by atomic mass is 79.9. The fourth-order valence-electron chi connectivity index (χ4n) is 11.6. The van der Waals surface area contributed by atoms with Gasteiger partial charge < -0.3 is 18.8 Å². The first kappa shape index (κ1) is 74.2. The first-order chi connectivity index (χ1) is 42.3. The lowest BCUT2D eigenvalue weighted by atomic mass is 9.75. The van der Waals surface area contributed by atoms with Crippen LogP contribution < -0.4 is 14.9 Å². The summed E-state index contributed by atoms with van der Waals surface area (Å²) in [7, 11) is -20.3. The molecule has 0 radical (unpaired) electrons. The van der Waals surface area contributed by atoms with E-state index >= 15 is 0 Å². The lowest BCUT2D eigenvalue weighted by Gasteiger charge is -2.40. The van der Waals surface area contributed by atoms with Gasteiger partial charge in [0.1, 0.15) is 55.7 Å². The van der Waals surface area contributed by atoms with E-state index in [1.807, 2.05) is 12.1 Å². The molecule has 0 spiro atoms. The van der Waals surface area contributed by atoms with Crippen LogP contribution in [0.2, 0.25) is 0 Å². The molecule has 3 fully saturated rings. The molecular formula is C66H74BBrF18O4S2. The summed E-state index contributed by atoms with van der Waals surface area (Å²) in [5.74, 6) is -5.79. The summed E-state index contributed by atoms with van der Waals surface area (Å²) in [6.45, 7) is 12.9. The normalized spacial score (nSPS) is 20.9. The second-order valence-electron chi connectivity index (χ2n) is 25.0. The van der Waals surface area contributed by atoms with Crippen molar-refractivity contribution < 1.29 is 92.8 Å². The van der Waals surface area contributed by atoms with E-state index in [1.165, 1.54) is 82.6 Å². The highest BCUT2D eigenvalue weighted by molar-refractivity contribution is 9.10. The van der Waals surface area contributed by atoms with E-state index in [2.05, 4.69) is 91.2 Å². The third-order valence-corrected chi connectivity index (χ3v) is 20.2. The van der Waals surface area contributed by atoms with Gasteiger partial charge in [-0.1, -0.05) is 169 Å². The van der Waals surface area contributed by atoms with Gasteiger partial charge in [-0.3, -0.25) is 0 Å². The molecule has 26 heteroatoms. The van der Waals surface area contributed by atoms with Gasteiger partial charge in [-0.25, -0.2) is 17.6 Å². The summed E-state index contributed by atoms with van der Waals surface area (Å²) in [5.41, 5.74) is 0.0669. The molecule has 6 aromatic carbocycles. The Balaban J connectivity index is 0.000000205. The maximum absolute atomic E-state index is 14.8. The van der Waals surface area contributed by atoms with Crippen LogP contribution in [0.4, 0.5) is 74.0 Å². The van der Waals surface area contributed by atoms with Crippen LogP contribution in [0, 0.1) is 35.1 Å². The van der Waals surface area contributed by atoms with Crippen molar-refractivity contribution in [2.75, 3.05) is 0 Å². The molecule has 0 N–H and O–H groups in total. The van der Waals surface area contributed by atoms with Crippen LogP contribution in [0.25, 0.3) is 11.1 Å². The molecule has 2 saturated carbocycles. The third-order valence-electron chi connectivity index (χ3n) is 17.4. The van der Waals surface area contributed by atoms with Crippen molar-refractivity contribution >= 4 is 49.0 Å². The summed E-state index contributed by atoms with van der Waals surface area (Å²) < 4.78 is 261. The van der Waals surface area contributed by atoms with E-state index in [4.69, 9.17) is 9.31 Å². The van der Waals surface area contributed by atoms with Gasteiger partial charge in [-0.2, -0.15) is 17.6 Å². The number of halogens is 19. The first-order valence-corrected chi connectivity index (χ1v) is 35.0. The third kappa shape index (κ3) is 19.7. The van der Waals surface area contributed by atoms with Gasteiger partial charge in [0.05, 0.1) is 11.2 Å². The molecule has 3 aliphatic rings. The Morgan fingerprint density at radius 2 is 0.783 bits per heavy atom. The Kier molecular flexibility index (Phi) is 21.6. The molecule has 6 aromatic rings. The fourth-order valence-corrected chi connectivity index (χ4v) is 13.3. The Morgan fingerprint density at radius 1 is 0.457 bits per heavy atom. The molecular weight excluding hydrogens is 1350 g/mol. The van der Waals surface area contributed by atoms with E-state index in [0.29, 0.717) is 35.7 Å². The number of benzene rings is 6. The van der Waals surface area contributed by atoms with Crippen molar-refractivity contribution in [3.05, 3.63) is 171 Å². The van der Waals surface area contributed by atoms with Gasteiger partial charge in [-0.15, -0.1) is 0 Å². The van der Waals surface area contributed by atoms with Crippen LogP contribution in [-0.4, -0.2) is 18.3 Å². The molecule has 9 rings (SSSR count). The molecule has 1 aliphatic heterocycles. The molecule has 92 heavy (non-hydrogen) atoms. The first-order valence-electron chi connectivity index (χ1n) is 30.3. The number of alkyl halides is 4. The van der Waals surface area contributed by atoms with E-state index in [9.17, 15) is 74.0 Å². The minimum absolute atomic E-state index is 0.00552. The summed E-state index contributed by atoms with van der Waals surface area (Å²) >= 11 is 2.68. The number of ether oxygens (including phenoxy) is 2. The van der Waals surface area contributed by atoms with Crippen LogP contribution in [-0.2, 0) is 21.5 Å². The van der Waals surface area contributed by atoms with Crippen molar-refractivity contribution in [1.29, 1.82) is 0 Å². The number of hydrogen-bond acceptors (Lipinski definition) is 4. The molecule has 0 unspecified atom stereocenters. The molecule has 1 saturated heterocycles. The van der Waals surface area contributed by atoms with Crippen LogP contribution in [0.1, 0.15) is 178 Å². The number of unbranched alkanes of at least 4 members (excludes halogenated alkanes) is 4. The fraction of sp³-hybridized carbons (Fsp3) is 0.455. The molecule has 0 amide bonds. The minimum atomic E-state index is -10.0. The van der Waals surface area contributed by atoms with Crippen LogP contribution in [0.3, 0.4) is 0 Å². The Hall–Kier alpha value is -5.18. The predicted molar refractivity (Wildman–Crippen MR) is 330 cm³/mol. The van der Waals surface area contributed by atoms with Gasteiger partial charge in [0.2, 0.25) is 0 Å². The SMILES string of the molecule is CCCCCC1CCC(c2ccc(-c3cc(F)c(C(F)(F)Oc4ccc(S(F)(F)(F)(F)F)cc4)c(F)c3)cc2)CC1.CCCCCC1CCC(c2ccc(B3OC(C)(C)C(C)(C)O3)cc2)CC1.Fc1cc(Br)cc(F)c1C(F)(F)Oc1ccc(S(F)(F)(F)(F)F)cc1. The Bertz CT molecular complexity index is 3400. The number of hydrogen-bond donors (Lipinski definition) is 0. The molecule has 0 bridgehead atoms. The van der Waals surface area contributed by atoms with Crippen LogP contribution >= 0.6 is 36.4 Å². The zero-order chi connectivity index (χ0) is 68.2. The highest BCUT2D eigenvalue weighted by Gasteiger charge is 2.66. The monoisotopic (exact) mass is 1430 g/mol. The van der Waals surface area contributed by atoms with E-state index in [1.54, 1.807) is 12.1 Å². The molecule has 0 aromatic heterocycles. The quantitative estimate of drug-likeness (QED) is 0.0434. The second kappa shape index (κ2) is 26.8. The lowest BCUT2D eigenvalue weighted by Crippen LogP contribution is -2.41. The zero-order valence-corrected chi connectivity index (χ0v) is 54.6. The van der Waals surface area contributed by atoms with Gasteiger partial charge in [0, 0.05) is 4.47 Å². The van der Waals surface area contributed by atoms with Crippen molar-refractivity contribution in [1.82, 2.24) is 0 Å². The maximum Gasteiger partial charge on any atom is 0.494 e. The second-order valence-corrected chi connectivity index (χ2v) is 30.7. The summed E-state index contributed by atoms with van der Waals surface area (Å²) in [5, 5.41) is 0. The van der Waals surface area contributed by atoms with Crippen LogP contribution in [0.15, 0.2) is 136 Å². The van der Waals surface area contributed by atoms with E-state index in [0.717, 1.165) is 54.5 Å². The number of rotatable bonds is 20. The molecule has 0 atom stereocenters. The van der Waals surface area contributed by atoms with E-state index < -0.39 is 88.4 Å². The lowest BCUT2D eigenvalue weighted by molar-refractivity contribution is -0.190. The van der Waals surface area contributed by atoms with Gasteiger partial charge >= 0.3 is 39.8 Å². The predicted octanol–water partition coefficient (Wildman–Crippen LogP) is 25.6. The summed E-state index contributed by atoms with van der Waals surface area (Å²) in [6, 6.07) is 18.8. The maximum atomic E-state index is 14.8. The minimum Gasteiger partial charge on any atom is -0.429 e. The average Bonchev–Trinajstić information content (AvgIpc) is 0.858. The summed E-state index contributed by atoms with van der Waals surface area (Å²) in [6.07, 6.45) is 11.3. The van der Waals surface area contributed by atoms with Crippen molar-refractivity contribution in [2.45, 2.75) is 189 Å². The van der Waals surface area contributed by atoms with Gasteiger partial charge in [0.25, 0.3) is 0 Å². The highest BCUT2D eigenvalue weighted by Crippen LogP contribution is 3.02.